The van der Waals surface area contributed by atoms with Gasteiger partial charge in [0.1, 0.15) is 5.75 Å². The fraction of sp³-hybridized carbons (Fsp3) is 0.333. The number of anilines is 1. The van der Waals surface area contributed by atoms with Gasteiger partial charge in [-0.05, 0) is 36.1 Å². The molecular formula is C18H19F3N2O3S. The van der Waals surface area contributed by atoms with E-state index in [0.29, 0.717) is 18.6 Å². The summed E-state index contributed by atoms with van der Waals surface area (Å²) in [5.74, 6) is -0.670. The average molecular weight is 400 g/mol. The first-order chi connectivity index (χ1) is 12.8. The zero-order valence-corrected chi connectivity index (χ0v) is 15.4. The third kappa shape index (κ3) is 6.28. The van der Waals surface area contributed by atoms with E-state index in [0.717, 1.165) is 12.1 Å². The Morgan fingerprint density at radius 1 is 1.22 bits per heavy atom. The van der Waals surface area contributed by atoms with E-state index in [2.05, 4.69) is 10.6 Å². The summed E-state index contributed by atoms with van der Waals surface area (Å²) in [6.45, 7) is 2.23. The molecule has 0 saturated heterocycles. The summed E-state index contributed by atoms with van der Waals surface area (Å²) in [5.41, 5.74) is -0.437. The monoisotopic (exact) mass is 400 g/mol. The first-order valence-electron chi connectivity index (χ1n) is 8.25. The van der Waals surface area contributed by atoms with E-state index in [4.69, 9.17) is 4.74 Å². The van der Waals surface area contributed by atoms with Crippen molar-refractivity contribution in [3.8, 4) is 5.75 Å². The van der Waals surface area contributed by atoms with Gasteiger partial charge in [0.25, 0.3) is 5.91 Å². The lowest BCUT2D eigenvalue weighted by Crippen LogP contribution is -2.27. The minimum absolute atomic E-state index is 0.0487. The molecule has 0 saturated carbocycles. The highest BCUT2D eigenvalue weighted by Gasteiger charge is 2.31. The molecule has 27 heavy (non-hydrogen) atoms. The van der Waals surface area contributed by atoms with Crippen LogP contribution in [0.15, 0.2) is 35.0 Å². The van der Waals surface area contributed by atoms with Gasteiger partial charge in [-0.3, -0.25) is 9.59 Å². The number of hydrogen-bond donors (Lipinski definition) is 2. The number of amides is 2. The van der Waals surface area contributed by atoms with Crippen molar-refractivity contribution >= 4 is 28.8 Å². The smallest absolute Gasteiger partial charge is 0.416 e. The van der Waals surface area contributed by atoms with Crippen LogP contribution in [0, 0.1) is 0 Å². The lowest BCUT2D eigenvalue weighted by Gasteiger charge is -2.15. The zero-order chi connectivity index (χ0) is 19.9. The summed E-state index contributed by atoms with van der Waals surface area (Å²) in [6, 6.07) is 4.58. The van der Waals surface area contributed by atoms with Crippen molar-refractivity contribution < 1.29 is 27.5 Å². The quantitative estimate of drug-likeness (QED) is 0.694. The predicted octanol–water partition coefficient (Wildman–Crippen LogP) is 4.31. The minimum Gasteiger partial charge on any atom is -0.491 e. The zero-order valence-electron chi connectivity index (χ0n) is 14.6. The molecule has 5 nitrogen and oxygen atoms in total. The third-order valence-electron chi connectivity index (χ3n) is 3.46. The van der Waals surface area contributed by atoms with Crippen molar-refractivity contribution in [2.75, 3.05) is 18.5 Å². The molecule has 2 rings (SSSR count). The molecule has 0 fully saturated rings. The maximum absolute atomic E-state index is 12.9. The Hall–Kier alpha value is -2.55. The van der Waals surface area contributed by atoms with Gasteiger partial charge in [-0.1, -0.05) is 6.92 Å². The Kier molecular flexibility index (Phi) is 7.23. The summed E-state index contributed by atoms with van der Waals surface area (Å²) in [7, 11) is 0. The molecule has 0 unspecified atom stereocenters. The molecular weight excluding hydrogens is 381 g/mol. The van der Waals surface area contributed by atoms with Crippen LogP contribution in [0.1, 0.15) is 35.7 Å². The number of benzene rings is 1. The van der Waals surface area contributed by atoms with Crippen LogP contribution in [0.4, 0.5) is 18.9 Å². The van der Waals surface area contributed by atoms with Crippen LogP contribution in [0.2, 0.25) is 0 Å². The predicted molar refractivity (Wildman–Crippen MR) is 97.1 cm³/mol. The molecule has 0 bridgehead atoms. The molecule has 0 spiro atoms. The lowest BCUT2D eigenvalue weighted by molar-refractivity contribution is -0.137. The van der Waals surface area contributed by atoms with Gasteiger partial charge in [-0.2, -0.15) is 24.5 Å². The lowest BCUT2D eigenvalue weighted by atomic mass is 10.1. The normalized spacial score (nSPS) is 11.1. The number of carbonyl (C=O) groups is 2. The summed E-state index contributed by atoms with van der Waals surface area (Å²) >= 11 is 1.37. The summed E-state index contributed by atoms with van der Waals surface area (Å²) in [6.07, 6.45) is -3.94. The average Bonchev–Trinajstić information content (AvgIpc) is 3.14. The van der Waals surface area contributed by atoms with E-state index in [1.165, 1.54) is 17.4 Å². The summed E-state index contributed by atoms with van der Waals surface area (Å²) < 4.78 is 44.1. The van der Waals surface area contributed by atoms with Gasteiger partial charge in [-0.15, -0.1) is 0 Å². The molecule has 146 valence electrons. The van der Waals surface area contributed by atoms with Crippen LogP contribution in [-0.2, 0) is 11.0 Å². The van der Waals surface area contributed by atoms with Crippen LogP contribution in [0.5, 0.6) is 5.75 Å². The Labute approximate surface area is 158 Å². The standard InChI is InChI=1S/C18H19F3N2O3S/c1-2-8-26-15-4-3-13(18(19,20)21)10-14(15)23-16(24)5-7-22-17(25)12-6-9-27-11-12/h3-4,6,9-11H,2,5,7-8H2,1H3,(H,22,25)(H,23,24). The van der Waals surface area contributed by atoms with E-state index in [1.807, 2.05) is 6.92 Å². The molecule has 2 N–H and O–H groups in total. The molecule has 0 aliphatic carbocycles. The molecule has 1 aromatic heterocycles. The van der Waals surface area contributed by atoms with Gasteiger partial charge in [0.15, 0.2) is 0 Å². The van der Waals surface area contributed by atoms with E-state index in [9.17, 15) is 22.8 Å². The molecule has 9 heteroatoms. The van der Waals surface area contributed by atoms with Gasteiger partial charge in [0.05, 0.1) is 17.9 Å². The maximum Gasteiger partial charge on any atom is 0.416 e. The number of rotatable bonds is 8. The highest BCUT2D eigenvalue weighted by molar-refractivity contribution is 7.08. The van der Waals surface area contributed by atoms with Crippen molar-refractivity contribution in [2.24, 2.45) is 0 Å². The van der Waals surface area contributed by atoms with Crippen LogP contribution >= 0.6 is 11.3 Å². The van der Waals surface area contributed by atoms with Crippen molar-refractivity contribution in [3.63, 3.8) is 0 Å². The van der Waals surface area contributed by atoms with Gasteiger partial charge in [0, 0.05) is 23.9 Å². The first-order valence-corrected chi connectivity index (χ1v) is 9.20. The van der Waals surface area contributed by atoms with Crippen LogP contribution in [0.3, 0.4) is 0 Å². The van der Waals surface area contributed by atoms with Gasteiger partial charge in [-0.25, -0.2) is 0 Å². The van der Waals surface area contributed by atoms with Crippen molar-refractivity contribution in [1.29, 1.82) is 0 Å². The number of carbonyl (C=O) groups excluding carboxylic acids is 2. The number of alkyl halides is 3. The Balaban J connectivity index is 1.98. The highest BCUT2D eigenvalue weighted by atomic mass is 32.1. The molecule has 1 aromatic carbocycles. The molecule has 0 radical (unpaired) electrons. The molecule has 2 aromatic rings. The number of ether oxygens (including phenoxy) is 1. The second-order valence-electron chi connectivity index (χ2n) is 5.62. The van der Waals surface area contributed by atoms with Gasteiger partial charge in [0.2, 0.25) is 5.91 Å². The SMILES string of the molecule is CCCOc1ccc(C(F)(F)F)cc1NC(=O)CCNC(=O)c1ccsc1. The first kappa shape index (κ1) is 20.8. The molecule has 2 amide bonds. The highest BCUT2D eigenvalue weighted by Crippen LogP contribution is 2.35. The van der Waals surface area contributed by atoms with Crippen molar-refractivity contribution in [2.45, 2.75) is 25.9 Å². The molecule has 0 aliphatic rings. The molecule has 0 atom stereocenters. The Morgan fingerprint density at radius 3 is 2.63 bits per heavy atom. The topological polar surface area (TPSA) is 67.4 Å². The summed E-state index contributed by atoms with van der Waals surface area (Å²) in [5, 5.41) is 8.44. The minimum atomic E-state index is -4.53. The number of hydrogen-bond acceptors (Lipinski definition) is 4. The van der Waals surface area contributed by atoms with Gasteiger partial charge >= 0.3 is 6.18 Å². The maximum atomic E-state index is 12.9. The fourth-order valence-electron chi connectivity index (χ4n) is 2.14. The van der Waals surface area contributed by atoms with E-state index >= 15 is 0 Å². The summed E-state index contributed by atoms with van der Waals surface area (Å²) in [4.78, 5) is 23.9. The molecule has 0 aliphatic heterocycles. The molecule has 1 heterocycles. The van der Waals surface area contributed by atoms with E-state index < -0.39 is 17.6 Å². The van der Waals surface area contributed by atoms with E-state index in [1.54, 1.807) is 16.8 Å². The third-order valence-corrected chi connectivity index (χ3v) is 4.15. The van der Waals surface area contributed by atoms with Crippen LogP contribution in [0.25, 0.3) is 0 Å². The Bertz CT molecular complexity index is 777. The van der Waals surface area contributed by atoms with Crippen LogP contribution < -0.4 is 15.4 Å². The van der Waals surface area contributed by atoms with E-state index in [-0.39, 0.29) is 30.3 Å². The number of thiophene rings is 1. The Morgan fingerprint density at radius 2 is 2.00 bits per heavy atom. The number of nitrogens with one attached hydrogen (secondary N) is 2. The van der Waals surface area contributed by atoms with Crippen molar-refractivity contribution in [1.82, 2.24) is 5.32 Å². The number of halogens is 3. The van der Waals surface area contributed by atoms with Crippen molar-refractivity contribution in [3.05, 3.63) is 46.2 Å². The second-order valence-corrected chi connectivity index (χ2v) is 6.40. The fourth-order valence-corrected chi connectivity index (χ4v) is 2.78. The largest absolute Gasteiger partial charge is 0.491 e. The second kappa shape index (κ2) is 9.40. The van der Waals surface area contributed by atoms with Gasteiger partial charge < -0.3 is 15.4 Å². The van der Waals surface area contributed by atoms with Crippen LogP contribution in [-0.4, -0.2) is 25.0 Å².